The van der Waals surface area contributed by atoms with Gasteiger partial charge in [-0.3, -0.25) is 38.5 Å². The fraction of sp³-hybridized carbons (Fsp3) is 0.610. The van der Waals surface area contributed by atoms with Gasteiger partial charge in [-0.2, -0.15) is 0 Å². The van der Waals surface area contributed by atoms with Crippen LogP contribution in [-0.4, -0.2) is 134 Å². The van der Waals surface area contributed by atoms with E-state index in [-0.39, 0.29) is 49.2 Å². The van der Waals surface area contributed by atoms with Gasteiger partial charge in [-0.25, -0.2) is 9.97 Å². The van der Waals surface area contributed by atoms with Crippen molar-refractivity contribution in [3.63, 3.8) is 0 Å². The first kappa shape index (κ1) is 60.6. The SMILES string of the molecule is COc1ccc(C(=O)N(CC(C)(C)CCCCCCn2cc(CCCCCCCCC(=O)NCCCN(CC(=O)O)CC(=O)O)nn2)c2cccc(C)n2)c(N2CCC(COc3cc([C@@H](CC(=O)O)C4CC4)ccn3)CC2)c1. The van der Waals surface area contributed by atoms with Crippen LogP contribution in [-0.2, 0) is 32.1 Å². The molecule has 4 N–H and O–H groups in total. The maximum absolute atomic E-state index is 15.0. The van der Waals surface area contributed by atoms with Crippen molar-refractivity contribution in [1.82, 2.24) is 35.2 Å². The molecule has 1 atom stereocenters. The number of hydrogen-bond donors (Lipinski definition) is 4. The number of carboxylic acid groups (broad SMARTS) is 3. The van der Waals surface area contributed by atoms with E-state index in [0.29, 0.717) is 67.4 Å². The van der Waals surface area contributed by atoms with Crippen LogP contribution in [0.1, 0.15) is 163 Å². The number of amides is 2. The van der Waals surface area contributed by atoms with Crippen molar-refractivity contribution in [2.24, 2.45) is 17.3 Å². The number of carbonyl (C=O) groups is 5. The lowest BCUT2D eigenvalue weighted by atomic mass is 9.86. The van der Waals surface area contributed by atoms with E-state index in [1.54, 1.807) is 13.3 Å². The van der Waals surface area contributed by atoms with Crippen LogP contribution < -0.4 is 24.6 Å². The molecule has 426 valence electrons. The second-order valence-corrected chi connectivity index (χ2v) is 22.2. The van der Waals surface area contributed by atoms with Gasteiger partial charge in [0.25, 0.3) is 5.91 Å². The minimum atomic E-state index is -1.08. The molecule has 0 radical (unpaired) electrons. The van der Waals surface area contributed by atoms with Gasteiger partial charge in [0.1, 0.15) is 11.6 Å². The third-order valence-corrected chi connectivity index (χ3v) is 15.0. The highest BCUT2D eigenvalue weighted by Gasteiger charge is 2.35. The average molecular weight is 1080 g/mol. The number of aryl methyl sites for hydroxylation is 3. The molecular formula is C59H85N9O10. The Labute approximate surface area is 460 Å². The van der Waals surface area contributed by atoms with Gasteiger partial charge in [0.05, 0.1) is 50.2 Å². The molecule has 19 nitrogen and oxygen atoms in total. The number of benzene rings is 1. The van der Waals surface area contributed by atoms with Crippen LogP contribution in [0.25, 0.3) is 0 Å². The lowest BCUT2D eigenvalue weighted by Gasteiger charge is -2.36. The number of hydrogen-bond acceptors (Lipinski definition) is 13. The topological polar surface area (TPSA) is 243 Å². The number of aliphatic carboxylic acids is 3. The Morgan fingerprint density at radius 3 is 2.26 bits per heavy atom. The maximum atomic E-state index is 15.0. The molecule has 2 aliphatic rings. The first-order chi connectivity index (χ1) is 37.5. The third-order valence-electron chi connectivity index (χ3n) is 15.0. The smallest absolute Gasteiger partial charge is 0.317 e. The molecular weight excluding hydrogens is 995 g/mol. The third kappa shape index (κ3) is 21.0. The summed E-state index contributed by atoms with van der Waals surface area (Å²) >= 11 is 0. The molecule has 1 aliphatic carbocycles. The van der Waals surface area contributed by atoms with E-state index in [2.05, 4.69) is 45.6 Å². The highest BCUT2D eigenvalue weighted by Crippen LogP contribution is 2.45. The van der Waals surface area contributed by atoms with Crippen molar-refractivity contribution < 1.29 is 48.8 Å². The number of nitrogens with one attached hydrogen (secondary N) is 1. The van der Waals surface area contributed by atoms with Gasteiger partial charge in [0.2, 0.25) is 11.8 Å². The van der Waals surface area contributed by atoms with Crippen molar-refractivity contribution in [2.45, 2.75) is 155 Å². The van der Waals surface area contributed by atoms with Crippen LogP contribution in [0.2, 0.25) is 0 Å². The van der Waals surface area contributed by atoms with E-state index in [4.69, 9.17) is 24.7 Å². The quantitative estimate of drug-likeness (QED) is 0.0308. The van der Waals surface area contributed by atoms with Gasteiger partial charge in [-0.1, -0.05) is 70.1 Å². The predicted molar refractivity (Wildman–Crippen MR) is 298 cm³/mol. The Hall–Kier alpha value is -6.63. The molecule has 1 saturated heterocycles. The number of methoxy groups -OCH3 is 1. The number of ether oxygens (including phenoxy) is 2. The van der Waals surface area contributed by atoms with E-state index in [0.717, 1.165) is 145 Å². The second-order valence-electron chi connectivity index (χ2n) is 22.2. The lowest BCUT2D eigenvalue weighted by Crippen LogP contribution is -2.41. The Bertz CT molecular complexity index is 2530. The van der Waals surface area contributed by atoms with Crippen molar-refractivity contribution in [3.8, 4) is 11.6 Å². The first-order valence-corrected chi connectivity index (χ1v) is 28.4. The number of carboxylic acids is 3. The Kier molecular flexibility index (Phi) is 24.2. The highest BCUT2D eigenvalue weighted by atomic mass is 16.5. The number of piperidine rings is 1. The fourth-order valence-electron chi connectivity index (χ4n) is 10.5. The number of rotatable bonds is 37. The average Bonchev–Trinajstić information content (AvgIpc) is 4.17. The summed E-state index contributed by atoms with van der Waals surface area (Å²) in [6.45, 7) is 9.70. The molecule has 1 aliphatic heterocycles. The Balaban J connectivity index is 0.893. The van der Waals surface area contributed by atoms with Gasteiger partial charge in [-0.15, -0.1) is 5.10 Å². The van der Waals surface area contributed by atoms with Gasteiger partial charge in [0.15, 0.2) is 0 Å². The zero-order valence-electron chi connectivity index (χ0n) is 46.6. The summed E-state index contributed by atoms with van der Waals surface area (Å²) in [4.78, 5) is 75.5. The standard InChI is InChI=1S/C59H85N9O10/c1-43-17-15-19-52(62-43)68(58(76)49-24-23-48(77-4)36-51(49)66-33-26-44(27-34-66)41-78-54-35-46(25-30-61-54)50(37-55(70)71)45-21-22-45)42-59(2,3)28-13-9-10-14-32-67-38-47(63-64-67)18-11-7-5-6-8-12-20-53(69)60-29-16-31-65(39-56(72)73)40-57(74)75/h15,17,19,23-25,30,35-36,38,44-45,50H,5-14,16,18,20-22,26-29,31-34,37,39-42H2,1-4H3,(H,60,69)(H,70,71)(H,72,73)(H,74,75)/t50-/m0/s1. The van der Waals surface area contributed by atoms with Crippen LogP contribution in [0.4, 0.5) is 11.5 Å². The van der Waals surface area contributed by atoms with E-state index >= 15 is 0 Å². The molecule has 4 heterocycles. The molecule has 3 aromatic heterocycles. The Morgan fingerprint density at radius 2 is 1.55 bits per heavy atom. The van der Waals surface area contributed by atoms with Crippen molar-refractivity contribution in [1.29, 1.82) is 0 Å². The van der Waals surface area contributed by atoms with Gasteiger partial charge < -0.3 is 35.0 Å². The van der Waals surface area contributed by atoms with Crippen molar-refractivity contribution in [2.75, 3.05) is 69.3 Å². The largest absolute Gasteiger partial charge is 0.497 e. The first-order valence-electron chi connectivity index (χ1n) is 28.4. The summed E-state index contributed by atoms with van der Waals surface area (Å²) in [7, 11) is 1.65. The summed E-state index contributed by atoms with van der Waals surface area (Å²) < 4.78 is 13.9. The van der Waals surface area contributed by atoms with Gasteiger partial charge >= 0.3 is 17.9 Å². The van der Waals surface area contributed by atoms with E-state index in [9.17, 15) is 29.1 Å². The van der Waals surface area contributed by atoms with Crippen LogP contribution in [0.5, 0.6) is 11.6 Å². The summed E-state index contributed by atoms with van der Waals surface area (Å²) in [5.74, 6) is -0.550. The molecule has 4 aromatic rings. The van der Waals surface area contributed by atoms with Crippen LogP contribution >= 0.6 is 0 Å². The molecule has 6 rings (SSSR count). The van der Waals surface area contributed by atoms with Gasteiger partial charge in [-0.05, 0) is 130 Å². The fourth-order valence-corrected chi connectivity index (χ4v) is 10.5. The molecule has 78 heavy (non-hydrogen) atoms. The highest BCUT2D eigenvalue weighted by molar-refractivity contribution is 6.09. The number of pyridine rings is 2. The maximum Gasteiger partial charge on any atom is 0.317 e. The van der Waals surface area contributed by atoms with Crippen molar-refractivity contribution >= 4 is 41.2 Å². The monoisotopic (exact) mass is 1080 g/mol. The normalized spacial score (nSPS) is 14.3. The number of carbonyl (C=O) groups excluding carboxylic acids is 2. The lowest BCUT2D eigenvalue weighted by molar-refractivity contribution is -0.142. The number of unbranched alkanes of at least 4 members (excludes halogenated alkanes) is 8. The molecule has 2 fully saturated rings. The summed E-state index contributed by atoms with van der Waals surface area (Å²) in [5.41, 5.74) is 4.09. The number of anilines is 2. The number of nitrogens with zero attached hydrogens (tertiary/aromatic N) is 8. The minimum absolute atomic E-state index is 0.0185. The molecule has 1 aromatic carbocycles. The van der Waals surface area contributed by atoms with Crippen LogP contribution in [0.15, 0.2) is 60.9 Å². The van der Waals surface area contributed by atoms with E-state index in [1.165, 1.54) is 4.90 Å². The second kappa shape index (κ2) is 31.1. The van der Waals surface area contributed by atoms with Crippen LogP contribution in [0, 0.1) is 24.2 Å². The Morgan fingerprint density at radius 1 is 0.833 bits per heavy atom. The number of aromatic nitrogens is 5. The molecule has 0 bridgehead atoms. The van der Waals surface area contributed by atoms with E-state index < -0.39 is 17.9 Å². The van der Waals surface area contributed by atoms with Crippen molar-refractivity contribution in [3.05, 3.63) is 83.4 Å². The minimum Gasteiger partial charge on any atom is -0.497 e. The molecule has 2 amide bonds. The zero-order chi connectivity index (χ0) is 55.9. The van der Waals surface area contributed by atoms with E-state index in [1.807, 2.05) is 65.0 Å². The van der Waals surface area contributed by atoms with Gasteiger partial charge in [0, 0.05) is 75.9 Å². The summed E-state index contributed by atoms with van der Waals surface area (Å²) in [6.07, 6.45) is 20.7. The predicted octanol–water partition coefficient (Wildman–Crippen LogP) is 9.22. The molecule has 0 unspecified atom stereocenters. The summed E-state index contributed by atoms with van der Waals surface area (Å²) in [6, 6.07) is 15.4. The molecule has 19 heteroatoms. The van der Waals surface area contributed by atoms with Crippen LogP contribution in [0.3, 0.4) is 0 Å². The molecule has 1 saturated carbocycles. The summed E-state index contributed by atoms with van der Waals surface area (Å²) in [5, 5.41) is 39.1. The molecule has 0 spiro atoms. The zero-order valence-corrected chi connectivity index (χ0v) is 46.6.